The molecule has 2 heterocycles. The standard InChI is InChI=1S/C12H20N4O/c1-4-9-6-5-7-16(9)12(17)11-13-10(8(2)3)14-15-11/h8-9H,4-7H2,1-3H3,(H,13,14,15). The molecular weight excluding hydrogens is 216 g/mol. The van der Waals surface area contributed by atoms with E-state index in [0.717, 1.165) is 31.6 Å². The number of carbonyl (C=O) groups excluding carboxylic acids is 1. The van der Waals surface area contributed by atoms with Crippen LogP contribution < -0.4 is 0 Å². The van der Waals surface area contributed by atoms with Crippen LogP contribution in [-0.4, -0.2) is 38.6 Å². The van der Waals surface area contributed by atoms with Crippen LogP contribution in [0.15, 0.2) is 0 Å². The molecule has 1 aliphatic heterocycles. The first kappa shape index (κ1) is 12.1. The minimum absolute atomic E-state index is 0.0301. The van der Waals surface area contributed by atoms with Crippen molar-refractivity contribution in [3.05, 3.63) is 11.6 Å². The summed E-state index contributed by atoms with van der Waals surface area (Å²) in [6.45, 7) is 7.01. The highest BCUT2D eigenvalue weighted by Gasteiger charge is 2.30. The summed E-state index contributed by atoms with van der Waals surface area (Å²) in [6.07, 6.45) is 3.20. The van der Waals surface area contributed by atoms with Gasteiger partial charge in [0.1, 0.15) is 5.82 Å². The molecule has 5 heteroatoms. The van der Waals surface area contributed by atoms with Crippen LogP contribution in [0.3, 0.4) is 0 Å². The summed E-state index contributed by atoms with van der Waals surface area (Å²) in [4.78, 5) is 18.4. The van der Waals surface area contributed by atoms with Gasteiger partial charge in [0.05, 0.1) is 0 Å². The number of hydrogen-bond donors (Lipinski definition) is 1. The lowest BCUT2D eigenvalue weighted by Crippen LogP contribution is -2.35. The molecular formula is C12H20N4O. The average molecular weight is 236 g/mol. The van der Waals surface area contributed by atoms with Crippen molar-refractivity contribution in [2.45, 2.75) is 52.0 Å². The monoisotopic (exact) mass is 236 g/mol. The van der Waals surface area contributed by atoms with Crippen molar-refractivity contribution < 1.29 is 4.79 Å². The highest BCUT2D eigenvalue weighted by atomic mass is 16.2. The maximum Gasteiger partial charge on any atom is 0.293 e. The lowest BCUT2D eigenvalue weighted by atomic mass is 10.2. The van der Waals surface area contributed by atoms with E-state index in [-0.39, 0.29) is 11.8 Å². The molecule has 1 aliphatic rings. The number of hydrogen-bond acceptors (Lipinski definition) is 3. The van der Waals surface area contributed by atoms with Crippen LogP contribution >= 0.6 is 0 Å². The van der Waals surface area contributed by atoms with Gasteiger partial charge in [0.15, 0.2) is 0 Å². The molecule has 5 nitrogen and oxygen atoms in total. The van der Waals surface area contributed by atoms with E-state index in [1.807, 2.05) is 18.7 Å². The van der Waals surface area contributed by atoms with E-state index in [9.17, 15) is 4.79 Å². The summed E-state index contributed by atoms with van der Waals surface area (Å²) in [5.41, 5.74) is 0. The molecule has 2 rings (SSSR count). The van der Waals surface area contributed by atoms with Gasteiger partial charge >= 0.3 is 0 Å². The second-order valence-electron chi connectivity index (χ2n) is 4.90. The number of aromatic amines is 1. The Morgan fingerprint density at radius 2 is 2.35 bits per heavy atom. The predicted octanol–water partition coefficient (Wildman–Crippen LogP) is 1.94. The molecule has 0 radical (unpaired) electrons. The summed E-state index contributed by atoms with van der Waals surface area (Å²) >= 11 is 0. The Bertz CT molecular complexity index is 399. The van der Waals surface area contributed by atoms with E-state index >= 15 is 0 Å². The van der Waals surface area contributed by atoms with Crippen molar-refractivity contribution in [3.63, 3.8) is 0 Å². The summed E-state index contributed by atoms with van der Waals surface area (Å²) in [5.74, 6) is 1.33. The van der Waals surface area contributed by atoms with Crippen molar-refractivity contribution in [1.29, 1.82) is 0 Å². The first-order valence-electron chi connectivity index (χ1n) is 6.36. The Morgan fingerprint density at radius 1 is 1.59 bits per heavy atom. The van der Waals surface area contributed by atoms with Gasteiger partial charge in [0, 0.05) is 18.5 Å². The number of H-pyrrole nitrogens is 1. The Labute approximate surface area is 102 Å². The zero-order valence-electron chi connectivity index (χ0n) is 10.7. The SMILES string of the molecule is CCC1CCCN1C(=O)c1n[nH]c(C(C)C)n1. The Kier molecular flexibility index (Phi) is 3.45. The number of nitrogens with one attached hydrogen (secondary N) is 1. The summed E-state index contributed by atoms with van der Waals surface area (Å²) < 4.78 is 0. The third-order valence-corrected chi connectivity index (χ3v) is 3.35. The van der Waals surface area contributed by atoms with Crippen LogP contribution in [0.4, 0.5) is 0 Å². The molecule has 1 unspecified atom stereocenters. The van der Waals surface area contributed by atoms with Gasteiger partial charge in [0.2, 0.25) is 5.82 Å². The Morgan fingerprint density at radius 3 is 2.94 bits per heavy atom. The Balaban J connectivity index is 2.13. The van der Waals surface area contributed by atoms with E-state index in [4.69, 9.17) is 0 Å². The normalized spacial score (nSPS) is 20.2. The molecule has 1 N–H and O–H groups in total. The zero-order valence-corrected chi connectivity index (χ0v) is 10.7. The summed E-state index contributed by atoms with van der Waals surface area (Å²) in [7, 11) is 0. The van der Waals surface area contributed by atoms with Crippen molar-refractivity contribution >= 4 is 5.91 Å². The molecule has 1 aromatic rings. The maximum absolute atomic E-state index is 12.2. The van der Waals surface area contributed by atoms with Crippen LogP contribution in [0, 0.1) is 0 Å². The quantitative estimate of drug-likeness (QED) is 0.872. The van der Waals surface area contributed by atoms with Crippen molar-refractivity contribution in [1.82, 2.24) is 20.1 Å². The highest BCUT2D eigenvalue weighted by Crippen LogP contribution is 2.21. The van der Waals surface area contributed by atoms with Gasteiger partial charge < -0.3 is 4.90 Å². The fraction of sp³-hybridized carbons (Fsp3) is 0.750. The number of aromatic nitrogens is 3. The van der Waals surface area contributed by atoms with Gasteiger partial charge in [-0.1, -0.05) is 20.8 Å². The van der Waals surface area contributed by atoms with Gasteiger partial charge in [-0.25, -0.2) is 4.98 Å². The van der Waals surface area contributed by atoms with Crippen LogP contribution in [0.25, 0.3) is 0 Å². The van der Waals surface area contributed by atoms with Crippen LogP contribution in [0.5, 0.6) is 0 Å². The van der Waals surface area contributed by atoms with E-state index in [2.05, 4.69) is 22.1 Å². The van der Waals surface area contributed by atoms with Gasteiger partial charge in [0.25, 0.3) is 5.91 Å². The fourth-order valence-corrected chi connectivity index (χ4v) is 2.28. The molecule has 1 amide bonds. The molecule has 0 spiro atoms. The second-order valence-corrected chi connectivity index (χ2v) is 4.90. The third-order valence-electron chi connectivity index (χ3n) is 3.35. The van der Waals surface area contributed by atoms with Gasteiger partial charge in [-0.2, -0.15) is 0 Å². The predicted molar refractivity (Wildman–Crippen MR) is 64.8 cm³/mol. The third kappa shape index (κ3) is 2.33. The topological polar surface area (TPSA) is 61.9 Å². The van der Waals surface area contributed by atoms with Crippen molar-refractivity contribution in [2.24, 2.45) is 0 Å². The van der Waals surface area contributed by atoms with Gasteiger partial charge in [-0.3, -0.25) is 9.89 Å². The second kappa shape index (κ2) is 4.85. The van der Waals surface area contributed by atoms with Crippen LogP contribution in [-0.2, 0) is 0 Å². The highest BCUT2D eigenvalue weighted by molar-refractivity contribution is 5.90. The van der Waals surface area contributed by atoms with E-state index in [1.165, 1.54) is 0 Å². The first-order chi connectivity index (χ1) is 8.13. The molecule has 0 aliphatic carbocycles. The van der Waals surface area contributed by atoms with Crippen LogP contribution in [0.2, 0.25) is 0 Å². The van der Waals surface area contributed by atoms with E-state index in [0.29, 0.717) is 11.9 Å². The fourth-order valence-electron chi connectivity index (χ4n) is 2.28. The van der Waals surface area contributed by atoms with E-state index < -0.39 is 0 Å². The molecule has 17 heavy (non-hydrogen) atoms. The molecule has 0 aromatic carbocycles. The zero-order chi connectivity index (χ0) is 12.4. The van der Waals surface area contributed by atoms with Gasteiger partial charge in [-0.15, -0.1) is 5.10 Å². The number of amides is 1. The molecule has 0 saturated carbocycles. The molecule has 94 valence electrons. The minimum Gasteiger partial charge on any atom is -0.333 e. The first-order valence-corrected chi connectivity index (χ1v) is 6.36. The number of nitrogens with zero attached hydrogens (tertiary/aromatic N) is 3. The lowest BCUT2D eigenvalue weighted by Gasteiger charge is -2.21. The van der Waals surface area contributed by atoms with Gasteiger partial charge in [-0.05, 0) is 19.3 Å². The smallest absolute Gasteiger partial charge is 0.293 e. The number of carbonyl (C=O) groups is 1. The lowest BCUT2D eigenvalue weighted by molar-refractivity contribution is 0.0721. The molecule has 1 atom stereocenters. The summed E-state index contributed by atoms with van der Waals surface area (Å²) in [6, 6.07) is 0.364. The molecule has 1 saturated heterocycles. The molecule has 1 fully saturated rings. The minimum atomic E-state index is -0.0301. The molecule has 0 bridgehead atoms. The Hall–Kier alpha value is -1.39. The van der Waals surface area contributed by atoms with Crippen LogP contribution in [0.1, 0.15) is 62.4 Å². The van der Waals surface area contributed by atoms with E-state index in [1.54, 1.807) is 0 Å². The maximum atomic E-state index is 12.2. The molecule has 1 aromatic heterocycles. The average Bonchev–Trinajstić information content (AvgIpc) is 2.96. The number of rotatable bonds is 3. The van der Waals surface area contributed by atoms with Crippen molar-refractivity contribution in [2.75, 3.05) is 6.54 Å². The van der Waals surface area contributed by atoms with Crippen molar-refractivity contribution in [3.8, 4) is 0 Å². The number of likely N-dealkylation sites (tertiary alicyclic amines) is 1. The largest absolute Gasteiger partial charge is 0.333 e. The summed E-state index contributed by atoms with van der Waals surface area (Å²) in [5, 5.41) is 6.86.